The van der Waals surface area contributed by atoms with Gasteiger partial charge >= 0.3 is 5.97 Å². The van der Waals surface area contributed by atoms with E-state index in [0.717, 1.165) is 0 Å². The third kappa shape index (κ3) is 5.93. The number of aliphatic carboxylic acids is 1. The average Bonchev–Trinajstić information content (AvgIpc) is 2.87. The third-order valence-corrected chi connectivity index (χ3v) is 5.76. The van der Waals surface area contributed by atoms with Crippen LogP contribution in [0, 0.1) is 0 Å². The Bertz CT molecular complexity index is 1060. The first-order valence-electron chi connectivity index (χ1n) is 10.9. The lowest BCUT2D eigenvalue weighted by molar-refractivity contribution is -0.140. The first kappa shape index (κ1) is 26.9. The Balaban J connectivity index is 1.81. The number of phenolic OH excluding ortho intramolecular Hbond substituents is 2. The minimum Gasteiger partial charge on any atom is -0.502 e. The number of benzene rings is 2. The van der Waals surface area contributed by atoms with E-state index in [4.69, 9.17) is 28.4 Å². The molecule has 1 aliphatic rings. The van der Waals surface area contributed by atoms with E-state index in [-0.39, 0.29) is 59.7 Å². The minimum absolute atomic E-state index is 0.00110. The molecule has 2 aromatic rings. The van der Waals surface area contributed by atoms with E-state index in [1.54, 1.807) is 24.3 Å². The predicted molar refractivity (Wildman–Crippen MR) is 126 cm³/mol. The van der Waals surface area contributed by atoms with Crippen molar-refractivity contribution in [1.82, 2.24) is 0 Å². The predicted octanol–water partition coefficient (Wildman–Crippen LogP) is 2.38. The smallest absolute Gasteiger partial charge is 0.331 e. The van der Waals surface area contributed by atoms with Crippen molar-refractivity contribution in [3.05, 3.63) is 47.0 Å². The number of rotatable bonds is 11. The summed E-state index contributed by atoms with van der Waals surface area (Å²) in [6, 6.07) is 6.26. The Hall–Kier alpha value is -3.67. The van der Waals surface area contributed by atoms with Crippen molar-refractivity contribution in [2.24, 2.45) is 0 Å². The summed E-state index contributed by atoms with van der Waals surface area (Å²) >= 11 is 0. The molecule has 196 valence electrons. The van der Waals surface area contributed by atoms with E-state index in [9.17, 15) is 25.2 Å². The molecule has 0 fully saturated rings. The zero-order valence-corrected chi connectivity index (χ0v) is 20.4. The first-order valence-corrected chi connectivity index (χ1v) is 10.9. The van der Waals surface area contributed by atoms with E-state index in [0.29, 0.717) is 11.1 Å². The molecule has 3 rings (SSSR count). The second-order valence-corrected chi connectivity index (χ2v) is 8.01. The molecule has 0 unspecified atom stereocenters. The van der Waals surface area contributed by atoms with Gasteiger partial charge in [-0.1, -0.05) is 0 Å². The molecule has 0 heterocycles. The number of hydrogen-bond donors (Lipinski definition) is 4. The molecular formula is C25H30O11. The van der Waals surface area contributed by atoms with E-state index in [2.05, 4.69) is 0 Å². The van der Waals surface area contributed by atoms with Gasteiger partial charge in [0.1, 0.15) is 12.2 Å². The summed E-state index contributed by atoms with van der Waals surface area (Å²) in [5.41, 5.74) is 1.18. The Morgan fingerprint density at radius 1 is 0.806 bits per heavy atom. The molecule has 36 heavy (non-hydrogen) atoms. The Kier molecular flexibility index (Phi) is 8.86. The minimum atomic E-state index is -1.25. The van der Waals surface area contributed by atoms with Crippen LogP contribution in [0.15, 0.2) is 35.9 Å². The molecule has 0 aromatic heterocycles. The van der Waals surface area contributed by atoms with E-state index in [1.807, 2.05) is 0 Å². The zero-order valence-electron chi connectivity index (χ0n) is 20.4. The van der Waals surface area contributed by atoms with Crippen LogP contribution in [-0.2, 0) is 27.5 Å². The Morgan fingerprint density at radius 3 is 1.61 bits per heavy atom. The van der Waals surface area contributed by atoms with Gasteiger partial charge in [0.05, 0.1) is 47.8 Å². The molecule has 1 aliphatic carbocycles. The molecule has 0 bridgehead atoms. The van der Waals surface area contributed by atoms with Crippen LogP contribution in [-0.4, -0.2) is 73.1 Å². The summed E-state index contributed by atoms with van der Waals surface area (Å²) in [4.78, 5) is 11.6. The molecule has 0 radical (unpaired) electrons. The number of ether oxygens (including phenoxy) is 6. The van der Waals surface area contributed by atoms with Crippen LogP contribution < -0.4 is 18.9 Å². The topological polar surface area (TPSA) is 153 Å². The molecule has 0 saturated carbocycles. The lowest BCUT2D eigenvalue weighted by Gasteiger charge is -2.34. The maximum absolute atomic E-state index is 11.6. The van der Waals surface area contributed by atoms with Crippen LogP contribution in [0.5, 0.6) is 34.5 Å². The van der Waals surface area contributed by atoms with Crippen LogP contribution in [0.4, 0.5) is 0 Å². The van der Waals surface area contributed by atoms with Gasteiger partial charge in [-0.3, -0.25) is 0 Å². The fourth-order valence-corrected chi connectivity index (χ4v) is 3.90. The van der Waals surface area contributed by atoms with Crippen molar-refractivity contribution in [3.63, 3.8) is 0 Å². The van der Waals surface area contributed by atoms with Gasteiger partial charge in [-0.05, 0) is 41.5 Å². The van der Waals surface area contributed by atoms with E-state index >= 15 is 0 Å². The van der Waals surface area contributed by atoms with Gasteiger partial charge in [0.25, 0.3) is 0 Å². The van der Waals surface area contributed by atoms with Crippen LogP contribution in [0.2, 0.25) is 0 Å². The quantitative estimate of drug-likeness (QED) is 0.355. The number of carbonyl (C=O) groups is 1. The summed E-state index contributed by atoms with van der Waals surface area (Å²) in [5, 5.41) is 40.4. The largest absolute Gasteiger partial charge is 0.502 e. The van der Waals surface area contributed by atoms with Crippen molar-refractivity contribution in [2.75, 3.05) is 28.4 Å². The Labute approximate surface area is 208 Å². The highest BCUT2D eigenvalue weighted by atomic mass is 16.6. The number of methoxy groups -OCH3 is 4. The fraction of sp³-hybridized carbons (Fsp3) is 0.400. The Morgan fingerprint density at radius 2 is 1.22 bits per heavy atom. The number of aliphatic hydroxyl groups is 1. The van der Waals surface area contributed by atoms with Crippen LogP contribution >= 0.6 is 0 Å². The summed E-state index contributed by atoms with van der Waals surface area (Å²) in [6.07, 6.45) is -1.74. The van der Waals surface area contributed by atoms with Crippen molar-refractivity contribution < 1.29 is 53.6 Å². The van der Waals surface area contributed by atoms with Crippen LogP contribution in [0.3, 0.4) is 0 Å². The van der Waals surface area contributed by atoms with Crippen LogP contribution in [0.25, 0.3) is 0 Å². The fourth-order valence-electron chi connectivity index (χ4n) is 3.90. The second kappa shape index (κ2) is 11.8. The SMILES string of the molecule is COc1cc(CO[C@@H]2[C@H](O)C=C(C(=O)O)C[C@H]2OCc2cc(OC)c(O)c(OC)c2)cc(OC)c1O. The molecular weight excluding hydrogens is 476 g/mol. The molecule has 4 N–H and O–H groups in total. The molecule has 3 atom stereocenters. The monoisotopic (exact) mass is 506 g/mol. The van der Waals surface area contributed by atoms with Gasteiger partial charge in [0.15, 0.2) is 23.0 Å². The number of carboxylic acid groups (broad SMARTS) is 1. The van der Waals surface area contributed by atoms with Gasteiger partial charge in [-0.15, -0.1) is 0 Å². The lowest BCUT2D eigenvalue weighted by atomic mass is 9.91. The standard InChI is InChI=1S/C25H30O11/c1-31-17-5-13(6-18(32-2)22(17)27)11-35-21-10-15(25(29)30)9-16(26)24(21)36-12-14-7-19(33-3)23(28)20(8-14)34-4/h5-9,16,21,24,26-28H,10-12H2,1-4H3,(H,29,30)/t16-,21-,24-/m1/s1. The molecule has 11 heteroatoms. The maximum Gasteiger partial charge on any atom is 0.331 e. The summed E-state index contributed by atoms with van der Waals surface area (Å²) < 4.78 is 32.6. The highest BCUT2D eigenvalue weighted by Gasteiger charge is 2.36. The summed E-state index contributed by atoms with van der Waals surface area (Å²) in [7, 11) is 5.61. The van der Waals surface area contributed by atoms with Crippen molar-refractivity contribution >= 4 is 5.97 Å². The number of aromatic hydroxyl groups is 2. The zero-order chi connectivity index (χ0) is 26.4. The molecule has 0 saturated heterocycles. The third-order valence-electron chi connectivity index (χ3n) is 5.76. The van der Waals surface area contributed by atoms with Gasteiger partial charge in [0.2, 0.25) is 11.5 Å². The van der Waals surface area contributed by atoms with Gasteiger partial charge in [0, 0.05) is 12.0 Å². The first-order chi connectivity index (χ1) is 17.2. The number of hydrogen-bond acceptors (Lipinski definition) is 10. The molecule has 0 aliphatic heterocycles. The molecule has 0 spiro atoms. The second-order valence-electron chi connectivity index (χ2n) is 8.01. The average molecular weight is 507 g/mol. The summed E-state index contributed by atoms with van der Waals surface area (Å²) in [6.45, 7) is -0.0102. The van der Waals surface area contributed by atoms with E-state index in [1.165, 1.54) is 34.5 Å². The summed E-state index contributed by atoms with van der Waals surface area (Å²) in [5.74, 6) is -0.731. The van der Waals surface area contributed by atoms with Crippen molar-refractivity contribution in [1.29, 1.82) is 0 Å². The number of phenols is 2. The highest BCUT2D eigenvalue weighted by molar-refractivity contribution is 5.87. The normalized spacial score (nSPS) is 19.4. The van der Waals surface area contributed by atoms with Gasteiger partial charge < -0.3 is 48.8 Å². The highest BCUT2D eigenvalue weighted by Crippen LogP contribution is 2.39. The number of aliphatic hydroxyl groups excluding tert-OH is 1. The van der Waals surface area contributed by atoms with Gasteiger partial charge in [-0.2, -0.15) is 0 Å². The lowest BCUT2D eigenvalue weighted by Crippen LogP contribution is -2.44. The molecule has 11 nitrogen and oxygen atoms in total. The number of carboxylic acids is 1. The van der Waals surface area contributed by atoms with Crippen LogP contribution in [0.1, 0.15) is 17.5 Å². The molecule has 0 amide bonds. The van der Waals surface area contributed by atoms with Crippen molar-refractivity contribution in [3.8, 4) is 34.5 Å². The maximum atomic E-state index is 11.6. The molecule has 2 aromatic carbocycles. The van der Waals surface area contributed by atoms with Gasteiger partial charge in [-0.25, -0.2) is 4.79 Å². The van der Waals surface area contributed by atoms with E-state index < -0.39 is 24.3 Å². The van der Waals surface area contributed by atoms with Crippen molar-refractivity contribution in [2.45, 2.75) is 37.9 Å².